The van der Waals surface area contributed by atoms with E-state index in [1.165, 1.54) is 16.2 Å². The lowest BCUT2D eigenvalue weighted by Gasteiger charge is -2.24. The zero-order valence-corrected chi connectivity index (χ0v) is 19.4. The van der Waals surface area contributed by atoms with E-state index in [9.17, 15) is 9.59 Å². The molecule has 32 heavy (non-hydrogen) atoms. The van der Waals surface area contributed by atoms with Gasteiger partial charge in [-0.25, -0.2) is 14.6 Å². The highest BCUT2D eigenvalue weighted by molar-refractivity contribution is 7.16. The highest BCUT2D eigenvalue weighted by Crippen LogP contribution is 2.34. The normalized spacial score (nSPS) is 11.0. The van der Waals surface area contributed by atoms with Crippen LogP contribution in [0.15, 0.2) is 60.7 Å². The minimum atomic E-state index is -0.585. The predicted octanol–water partition coefficient (Wildman–Crippen LogP) is 5.93. The fraction of sp³-hybridized carbons (Fsp3) is 0.292. The van der Waals surface area contributed by atoms with E-state index in [1.807, 2.05) is 81.4 Å². The molecule has 0 bridgehead atoms. The molecule has 1 aromatic heterocycles. The van der Waals surface area contributed by atoms with Crippen LogP contribution in [0.2, 0.25) is 0 Å². The molecular formula is C24H27N3O4S. The van der Waals surface area contributed by atoms with Gasteiger partial charge in [-0.2, -0.15) is 0 Å². The Bertz CT molecular complexity index is 1050. The molecule has 7 nitrogen and oxygen atoms in total. The van der Waals surface area contributed by atoms with Crippen molar-refractivity contribution in [3.05, 3.63) is 71.2 Å². The number of amides is 2. The van der Waals surface area contributed by atoms with Crippen LogP contribution in [0.3, 0.4) is 0 Å². The van der Waals surface area contributed by atoms with Crippen LogP contribution in [-0.2, 0) is 22.6 Å². The van der Waals surface area contributed by atoms with E-state index >= 15 is 0 Å². The summed E-state index contributed by atoms with van der Waals surface area (Å²) in [6, 6.07) is 19.0. The molecule has 0 aliphatic rings. The maximum Gasteiger partial charge on any atom is 0.412 e. The first-order valence-corrected chi connectivity index (χ1v) is 11.0. The van der Waals surface area contributed by atoms with Gasteiger partial charge in [-0.05, 0) is 26.3 Å². The van der Waals surface area contributed by atoms with Crippen LogP contribution in [0.1, 0.15) is 31.3 Å². The third-order valence-corrected chi connectivity index (χ3v) is 5.18. The molecule has 3 aromatic rings. The van der Waals surface area contributed by atoms with E-state index < -0.39 is 17.8 Å². The first-order valence-electron chi connectivity index (χ1n) is 10.2. The molecular weight excluding hydrogens is 426 g/mol. The van der Waals surface area contributed by atoms with Gasteiger partial charge in [-0.1, -0.05) is 72.0 Å². The number of nitrogens with zero attached hydrogens (tertiary/aromatic N) is 2. The number of benzene rings is 2. The van der Waals surface area contributed by atoms with E-state index in [-0.39, 0.29) is 13.2 Å². The molecule has 1 N–H and O–H groups in total. The van der Waals surface area contributed by atoms with Gasteiger partial charge in [-0.3, -0.25) is 5.32 Å². The number of carbonyl (C=O) groups is 2. The minimum Gasteiger partial charge on any atom is -0.444 e. The first kappa shape index (κ1) is 23.3. The van der Waals surface area contributed by atoms with E-state index in [1.54, 1.807) is 7.05 Å². The lowest BCUT2D eigenvalue weighted by molar-refractivity contribution is 0.0285. The molecule has 0 spiro atoms. The maximum atomic E-state index is 12.4. The fourth-order valence-corrected chi connectivity index (χ4v) is 3.79. The number of aromatic nitrogens is 1. The van der Waals surface area contributed by atoms with Gasteiger partial charge in [0.25, 0.3) is 0 Å². The fourth-order valence-electron chi connectivity index (χ4n) is 2.77. The van der Waals surface area contributed by atoms with Gasteiger partial charge in [0.2, 0.25) is 0 Å². The molecule has 0 aliphatic carbocycles. The molecule has 0 saturated carbocycles. The predicted molar refractivity (Wildman–Crippen MR) is 126 cm³/mol. The lowest BCUT2D eigenvalue weighted by Crippen LogP contribution is -2.33. The summed E-state index contributed by atoms with van der Waals surface area (Å²) in [4.78, 5) is 30.9. The lowest BCUT2D eigenvalue weighted by atomic mass is 10.2. The summed E-state index contributed by atoms with van der Waals surface area (Å²) >= 11 is 1.30. The van der Waals surface area contributed by atoms with Crippen molar-refractivity contribution in [1.82, 2.24) is 9.88 Å². The third kappa shape index (κ3) is 6.81. The monoisotopic (exact) mass is 453 g/mol. The quantitative estimate of drug-likeness (QED) is 0.501. The summed E-state index contributed by atoms with van der Waals surface area (Å²) in [7, 11) is 1.65. The van der Waals surface area contributed by atoms with Gasteiger partial charge in [0.05, 0.1) is 6.54 Å². The number of carbonyl (C=O) groups excluding carboxylic acids is 2. The zero-order chi connectivity index (χ0) is 23.1. The minimum absolute atomic E-state index is 0.167. The van der Waals surface area contributed by atoms with Gasteiger partial charge in [0.15, 0.2) is 0 Å². The number of thiazole rings is 1. The zero-order valence-electron chi connectivity index (χ0n) is 18.6. The van der Waals surface area contributed by atoms with Gasteiger partial charge >= 0.3 is 12.2 Å². The van der Waals surface area contributed by atoms with Crippen LogP contribution in [0.5, 0.6) is 0 Å². The molecule has 8 heteroatoms. The summed E-state index contributed by atoms with van der Waals surface area (Å²) < 4.78 is 10.8. The third-order valence-electron chi connectivity index (χ3n) is 4.22. The van der Waals surface area contributed by atoms with E-state index in [4.69, 9.17) is 9.47 Å². The molecule has 1 heterocycles. The summed E-state index contributed by atoms with van der Waals surface area (Å²) in [5.41, 5.74) is 1.79. The molecule has 0 aliphatic heterocycles. The van der Waals surface area contributed by atoms with Crippen LogP contribution in [0, 0.1) is 0 Å². The first-order chi connectivity index (χ1) is 15.2. The molecule has 0 fully saturated rings. The Morgan fingerprint density at radius 2 is 1.66 bits per heavy atom. The summed E-state index contributed by atoms with van der Waals surface area (Å²) in [5, 5.41) is 4.02. The van der Waals surface area contributed by atoms with Crippen LogP contribution in [-0.4, -0.2) is 34.7 Å². The SMILES string of the molecule is CN(Cc1nc(-c2ccccc2)c(NC(=O)OCc2ccccc2)s1)C(=O)OC(C)(C)C. The van der Waals surface area contributed by atoms with Crippen LogP contribution in [0.4, 0.5) is 14.6 Å². The second-order valence-corrected chi connectivity index (χ2v) is 9.26. The molecule has 0 unspecified atom stereocenters. The van der Waals surface area contributed by atoms with Crippen molar-refractivity contribution < 1.29 is 19.1 Å². The number of hydrogen-bond donors (Lipinski definition) is 1. The molecule has 0 saturated heterocycles. The molecule has 2 aromatic carbocycles. The van der Waals surface area contributed by atoms with Crippen molar-refractivity contribution >= 4 is 28.5 Å². The molecule has 0 radical (unpaired) electrons. The van der Waals surface area contributed by atoms with Gasteiger partial charge < -0.3 is 14.4 Å². The van der Waals surface area contributed by atoms with Crippen LogP contribution < -0.4 is 5.32 Å². The summed E-state index contributed by atoms with van der Waals surface area (Å²) in [6.45, 7) is 5.87. The Morgan fingerprint density at radius 3 is 2.28 bits per heavy atom. The summed E-state index contributed by atoms with van der Waals surface area (Å²) in [6.07, 6.45) is -1.01. The van der Waals surface area contributed by atoms with Gasteiger partial charge in [0.1, 0.15) is 27.9 Å². The Labute approximate surface area is 192 Å². The van der Waals surface area contributed by atoms with Crippen LogP contribution >= 0.6 is 11.3 Å². The second-order valence-electron chi connectivity index (χ2n) is 8.17. The van der Waals surface area contributed by atoms with Crippen LogP contribution in [0.25, 0.3) is 11.3 Å². The largest absolute Gasteiger partial charge is 0.444 e. The molecule has 0 atom stereocenters. The molecule has 3 rings (SSSR count). The Morgan fingerprint density at radius 1 is 1.03 bits per heavy atom. The number of nitrogens with one attached hydrogen (secondary N) is 1. The Hall–Kier alpha value is -3.39. The topological polar surface area (TPSA) is 80.8 Å². The van der Waals surface area contributed by atoms with Crippen molar-refractivity contribution in [3.63, 3.8) is 0 Å². The second kappa shape index (κ2) is 10.3. The highest BCUT2D eigenvalue weighted by Gasteiger charge is 2.22. The van der Waals surface area contributed by atoms with Gasteiger partial charge in [0, 0.05) is 12.6 Å². The molecule has 2 amide bonds. The Balaban J connectivity index is 1.74. The summed E-state index contributed by atoms with van der Waals surface area (Å²) in [5.74, 6) is 0. The standard InChI is InChI=1S/C24H27N3O4S/c1-24(2,3)31-23(29)27(4)15-19-25-20(18-13-9-6-10-14-18)21(32-19)26-22(28)30-16-17-11-7-5-8-12-17/h5-14H,15-16H2,1-4H3,(H,26,28). The van der Waals surface area contributed by atoms with Crippen molar-refractivity contribution in [3.8, 4) is 11.3 Å². The molecule has 168 valence electrons. The number of hydrogen-bond acceptors (Lipinski definition) is 6. The van der Waals surface area contributed by atoms with Crippen molar-refractivity contribution in [2.75, 3.05) is 12.4 Å². The van der Waals surface area contributed by atoms with E-state index in [0.717, 1.165) is 11.1 Å². The highest BCUT2D eigenvalue weighted by atomic mass is 32.1. The van der Waals surface area contributed by atoms with Crippen molar-refractivity contribution in [2.45, 2.75) is 39.5 Å². The van der Waals surface area contributed by atoms with E-state index in [0.29, 0.717) is 15.7 Å². The average molecular weight is 454 g/mol. The average Bonchev–Trinajstić information content (AvgIpc) is 3.14. The Kier molecular flexibility index (Phi) is 7.48. The maximum absolute atomic E-state index is 12.4. The van der Waals surface area contributed by atoms with Crippen molar-refractivity contribution in [1.29, 1.82) is 0 Å². The number of rotatable bonds is 6. The number of ether oxygens (including phenoxy) is 2. The number of anilines is 1. The van der Waals surface area contributed by atoms with E-state index in [2.05, 4.69) is 10.3 Å². The smallest absolute Gasteiger partial charge is 0.412 e. The van der Waals surface area contributed by atoms with Gasteiger partial charge in [-0.15, -0.1) is 0 Å². The van der Waals surface area contributed by atoms with Crippen molar-refractivity contribution in [2.24, 2.45) is 0 Å².